The van der Waals surface area contributed by atoms with Crippen molar-refractivity contribution in [2.45, 2.75) is 31.9 Å². The number of hydrogen-bond donors (Lipinski definition) is 0. The molecular formula is C13H15F3N2O. The molecule has 0 aliphatic carbocycles. The summed E-state index contributed by atoms with van der Waals surface area (Å²) in [6.45, 7) is 1.56. The Hall–Kier alpha value is -1.59. The van der Waals surface area contributed by atoms with Gasteiger partial charge in [0.2, 0.25) is 5.78 Å². The van der Waals surface area contributed by atoms with Crippen molar-refractivity contribution in [1.29, 1.82) is 0 Å². The lowest BCUT2D eigenvalue weighted by Gasteiger charge is -2.29. The Morgan fingerprint density at radius 3 is 2.58 bits per heavy atom. The molecule has 1 saturated heterocycles. The van der Waals surface area contributed by atoms with Crippen molar-refractivity contribution in [1.82, 2.24) is 4.98 Å². The molecule has 0 atom stereocenters. The highest BCUT2D eigenvalue weighted by molar-refractivity contribution is 5.87. The number of carbonyl (C=O) groups excluding carboxylic acids is 1. The molecule has 1 aromatic rings. The summed E-state index contributed by atoms with van der Waals surface area (Å²) in [5.41, 5.74) is 0.353. The molecule has 19 heavy (non-hydrogen) atoms. The highest BCUT2D eigenvalue weighted by atomic mass is 19.4. The minimum Gasteiger partial charge on any atom is -0.356 e. The highest BCUT2D eigenvalue weighted by Gasteiger charge is 2.38. The molecule has 2 rings (SSSR count). The Bertz CT molecular complexity index is 453. The van der Waals surface area contributed by atoms with Crippen LogP contribution in [0.2, 0.25) is 0 Å². The van der Waals surface area contributed by atoms with Crippen molar-refractivity contribution >= 4 is 11.6 Å². The lowest BCUT2D eigenvalue weighted by molar-refractivity contribution is -0.170. The van der Waals surface area contributed by atoms with Crippen LogP contribution in [0.25, 0.3) is 0 Å². The topological polar surface area (TPSA) is 33.2 Å². The summed E-state index contributed by atoms with van der Waals surface area (Å²) in [7, 11) is 0. The molecule has 1 aliphatic rings. The second kappa shape index (κ2) is 5.59. The molecule has 2 heterocycles. The molecule has 1 aliphatic heterocycles. The van der Waals surface area contributed by atoms with E-state index >= 15 is 0 Å². The third-order valence-corrected chi connectivity index (χ3v) is 3.19. The Labute approximate surface area is 109 Å². The van der Waals surface area contributed by atoms with Crippen LogP contribution in [0.5, 0.6) is 0 Å². The summed E-state index contributed by atoms with van der Waals surface area (Å²) in [6.07, 6.45) is -0.740. The van der Waals surface area contributed by atoms with Gasteiger partial charge < -0.3 is 4.90 Å². The molecule has 3 nitrogen and oxygen atoms in total. The zero-order valence-electron chi connectivity index (χ0n) is 10.4. The fourth-order valence-electron chi connectivity index (χ4n) is 2.23. The maximum absolute atomic E-state index is 12.3. The zero-order valence-corrected chi connectivity index (χ0v) is 10.4. The van der Waals surface area contributed by atoms with Gasteiger partial charge in [-0.15, -0.1) is 0 Å². The van der Waals surface area contributed by atoms with E-state index in [4.69, 9.17) is 0 Å². The maximum Gasteiger partial charge on any atom is 0.450 e. The second-order valence-electron chi connectivity index (χ2n) is 4.63. The van der Waals surface area contributed by atoms with Gasteiger partial charge in [0.15, 0.2) is 0 Å². The van der Waals surface area contributed by atoms with Crippen molar-refractivity contribution in [3.63, 3.8) is 0 Å². The number of ketones is 1. The Morgan fingerprint density at radius 1 is 1.26 bits per heavy atom. The fraction of sp³-hybridized carbons (Fsp3) is 0.538. The van der Waals surface area contributed by atoms with Crippen LogP contribution >= 0.6 is 0 Å². The number of aromatic nitrogens is 1. The van der Waals surface area contributed by atoms with Crippen LogP contribution in [0.3, 0.4) is 0 Å². The Kier molecular flexibility index (Phi) is 4.07. The van der Waals surface area contributed by atoms with Gasteiger partial charge in [0.1, 0.15) is 5.82 Å². The smallest absolute Gasteiger partial charge is 0.356 e. The Balaban J connectivity index is 2.18. The van der Waals surface area contributed by atoms with Crippen molar-refractivity contribution in [3.8, 4) is 0 Å². The average Bonchev–Trinajstić information content (AvgIpc) is 2.39. The lowest BCUT2D eigenvalue weighted by atomic mass is 10.1. The quantitative estimate of drug-likeness (QED) is 0.848. The molecule has 0 bridgehead atoms. The third kappa shape index (κ3) is 3.45. The number of halogens is 3. The largest absolute Gasteiger partial charge is 0.450 e. The first-order valence-electron chi connectivity index (χ1n) is 6.27. The van der Waals surface area contributed by atoms with Crippen LogP contribution in [0.4, 0.5) is 19.0 Å². The van der Waals surface area contributed by atoms with Crippen LogP contribution in [0, 0.1) is 0 Å². The molecule has 1 fully saturated rings. The lowest BCUT2D eigenvalue weighted by Crippen LogP contribution is -2.32. The number of rotatable bonds is 3. The molecular weight excluding hydrogens is 257 g/mol. The standard InChI is InChI=1S/C13H15F3N2O/c14-13(15,16)11(19)9-10-5-4-6-17-12(10)18-7-2-1-3-8-18/h4-6H,1-3,7-9H2. The van der Waals surface area contributed by atoms with E-state index in [9.17, 15) is 18.0 Å². The highest BCUT2D eigenvalue weighted by Crippen LogP contribution is 2.25. The van der Waals surface area contributed by atoms with Crippen LogP contribution in [-0.4, -0.2) is 30.0 Å². The first-order chi connectivity index (χ1) is 8.98. The van der Waals surface area contributed by atoms with Gasteiger partial charge in [0.05, 0.1) is 0 Å². The summed E-state index contributed by atoms with van der Waals surface area (Å²) >= 11 is 0. The molecule has 0 saturated carbocycles. The average molecular weight is 272 g/mol. The minimum atomic E-state index is -4.78. The van der Waals surface area contributed by atoms with E-state index in [2.05, 4.69) is 4.98 Å². The predicted octanol–water partition coefficient (Wildman–Crippen LogP) is 2.75. The van der Waals surface area contributed by atoms with Crippen molar-refractivity contribution in [2.24, 2.45) is 0 Å². The van der Waals surface area contributed by atoms with Crippen LogP contribution in [0.1, 0.15) is 24.8 Å². The van der Waals surface area contributed by atoms with Gasteiger partial charge in [-0.2, -0.15) is 13.2 Å². The SMILES string of the molecule is O=C(Cc1cccnc1N1CCCCC1)C(F)(F)F. The number of pyridine rings is 1. The van der Waals surface area contributed by atoms with Crippen molar-refractivity contribution in [3.05, 3.63) is 23.9 Å². The van der Waals surface area contributed by atoms with E-state index < -0.39 is 18.4 Å². The van der Waals surface area contributed by atoms with E-state index in [1.54, 1.807) is 18.3 Å². The molecule has 1 aromatic heterocycles. The normalized spacial score (nSPS) is 16.5. The fourth-order valence-corrected chi connectivity index (χ4v) is 2.23. The van der Waals surface area contributed by atoms with Gasteiger partial charge in [0, 0.05) is 31.3 Å². The number of piperidine rings is 1. The minimum absolute atomic E-state index is 0.353. The predicted molar refractivity (Wildman–Crippen MR) is 65.1 cm³/mol. The zero-order chi connectivity index (χ0) is 13.9. The van der Waals surface area contributed by atoms with E-state index in [0.29, 0.717) is 11.4 Å². The number of anilines is 1. The molecule has 104 valence electrons. The number of Topliss-reactive ketones (excluding diaryl/α,β-unsaturated/α-hetero) is 1. The summed E-state index contributed by atoms with van der Waals surface area (Å²) < 4.78 is 37.0. The first-order valence-corrected chi connectivity index (χ1v) is 6.27. The monoisotopic (exact) mass is 272 g/mol. The van der Waals surface area contributed by atoms with Gasteiger partial charge in [-0.25, -0.2) is 4.98 Å². The molecule has 0 amide bonds. The van der Waals surface area contributed by atoms with E-state index in [-0.39, 0.29) is 0 Å². The van der Waals surface area contributed by atoms with Gasteiger partial charge in [0.25, 0.3) is 0 Å². The molecule has 0 N–H and O–H groups in total. The number of hydrogen-bond acceptors (Lipinski definition) is 3. The van der Waals surface area contributed by atoms with Crippen molar-refractivity contribution < 1.29 is 18.0 Å². The van der Waals surface area contributed by atoms with Crippen LogP contribution in [0.15, 0.2) is 18.3 Å². The second-order valence-corrected chi connectivity index (χ2v) is 4.63. The van der Waals surface area contributed by atoms with Gasteiger partial charge in [-0.3, -0.25) is 4.79 Å². The number of nitrogens with zero attached hydrogens (tertiary/aromatic N) is 2. The summed E-state index contributed by atoms with van der Waals surface area (Å²) in [5.74, 6) is -1.21. The maximum atomic E-state index is 12.3. The van der Waals surface area contributed by atoms with Gasteiger partial charge in [-0.05, 0) is 25.3 Å². The van der Waals surface area contributed by atoms with Gasteiger partial charge in [-0.1, -0.05) is 6.07 Å². The van der Waals surface area contributed by atoms with Crippen LogP contribution in [-0.2, 0) is 11.2 Å². The molecule has 0 unspecified atom stereocenters. The van der Waals surface area contributed by atoms with E-state index in [1.165, 1.54) is 0 Å². The van der Waals surface area contributed by atoms with Crippen molar-refractivity contribution in [2.75, 3.05) is 18.0 Å². The molecule has 0 radical (unpaired) electrons. The summed E-state index contributed by atoms with van der Waals surface area (Å²) in [6, 6.07) is 3.10. The number of carbonyl (C=O) groups is 1. The van der Waals surface area contributed by atoms with E-state index in [1.807, 2.05) is 4.90 Å². The molecule has 0 aromatic carbocycles. The molecule has 6 heteroatoms. The van der Waals surface area contributed by atoms with Crippen LogP contribution < -0.4 is 4.90 Å². The number of alkyl halides is 3. The Morgan fingerprint density at radius 2 is 1.95 bits per heavy atom. The third-order valence-electron chi connectivity index (χ3n) is 3.19. The summed E-state index contributed by atoms with van der Waals surface area (Å²) in [5, 5.41) is 0. The van der Waals surface area contributed by atoms with Gasteiger partial charge >= 0.3 is 6.18 Å². The summed E-state index contributed by atoms with van der Waals surface area (Å²) in [4.78, 5) is 17.2. The van der Waals surface area contributed by atoms with E-state index in [0.717, 1.165) is 32.4 Å². The molecule has 0 spiro atoms. The first kappa shape index (κ1) is 13.8.